The van der Waals surface area contributed by atoms with Crippen LogP contribution < -0.4 is 15.3 Å². The fraction of sp³-hybridized carbons (Fsp3) is 0.412. The molecule has 1 amide bonds. The number of benzene rings is 1. The van der Waals surface area contributed by atoms with E-state index in [0.717, 1.165) is 40.9 Å². The average molecular weight is 627 g/mol. The summed E-state index contributed by atoms with van der Waals surface area (Å²) < 4.78 is 12.6. The molecule has 0 radical (unpaired) electrons. The van der Waals surface area contributed by atoms with E-state index in [0.29, 0.717) is 34.8 Å². The molecule has 1 aromatic carbocycles. The third kappa shape index (κ3) is 5.75. The van der Waals surface area contributed by atoms with E-state index < -0.39 is 23.8 Å². The minimum atomic E-state index is -1.10. The van der Waals surface area contributed by atoms with Crippen LogP contribution in [0.15, 0.2) is 47.4 Å². The second-order valence-electron chi connectivity index (χ2n) is 12.2. The van der Waals surface area contributed by atoms with Gasteiger partial charge in [-0.2, -0.15) is 4.98 Å². The largest absolute Gasteiger partial charge is 0.496 e. The molecule has 1 saturated carbocycles. The van der Waals surface area contributed by atoms with Crippen molar-refractivity contribution in [3.8, 4) is 22.7 Å². The van der Waals surface area contributed by atoms with Crippen LogP contribution >= 0.6 is 0 Å². The van der Waals surface area contributed by atoms with E-state index in [2.05, 4.69) is 16.0 Å². The number of aromatic nitrogens is 4. The molecule has 1 atom stereocenters. The van der Waals surface area contributed by atoms with Crippen LogP contribution in [0, 0.1) is 6.92 Å². The van der Waals surface area contributed by atoms with Crippen LogP contribution in [0.4, 0.5) is 10.6 Å². The summed E-state index contributed by atoms with van der Waals surface area (Å²) in [6.07, 6.45) is 2.67. The number of hydrogen-bond donors (Lipinski definition) is 1. The number of fused-ring (bicyclic) bond motifs is 1. The molecule has 240 valence electrons. The smallest absolute Gasteiger partial charge is 0.407 e. The van der Waals surface area contributed by atoms with Gasteiger partial charge in [0, 0.05) is 38.3 Å². The lowest BCUT2D eigenvalue weighted by Gasteiger charge is -2.40. The van der Waals surface area contributed by atoms with E-state index in [1.165, 1.54) is 11.8 Å². The van der Waals surface area contributed by atoms with Crippen molar-refractivity contribution >= 4 is 28.9 Å². The molecule has 0 bridgehead atoms. The first kappa shape index (κ1) is 31.0. The zero-order valence-electron chi connectivity index (χ0n) is 26.7. The molecule has 4 heterocycles. The SMILES string of the molecule is COc1ccccc1-c1nc2c(cc1C1CC1)c(N1CCN(C(=O)O)[C@@H](COC(C)=O)C1)nc(=O)n2-c1c(C)ccnc1C(C)C. The highest BCUT2D eigenvalue weighted by atomic mass is 16.5. The summed E-state index contributed by atoms with van der Waals surface area (Å²) in [6.45, 7) is 7.81. The number of esters is 1. The standard InChI is InChI=1S/C34H38N6O6/c1-19(2)28-30(20(3)12-13-35-28)40-32-26(16-25(22-10-11-22)29(36-32)24-8-6-7-9-27(24)45-5)31(37-33(40)42)38-14-15-39(34(43)44)23(17-38)18-46-21(4)41/h6-9,12-13,16,19,22-23H,10-11,14-15,17-18H2,1-5H3,(H,43,44)/t23-/m1/s1. The zero-order chi connectivity index (χ0) is 32.7. The van der Waals surface area contributed by atoms with Crippen LogP contribution in [-0.4, -0.2) is 81.0 Å². The minimum Gasteiger partial charge on any atom is -0.496 e. The van der Waals surface area contributed by atoms with Crippen molar-refractivity contribution < 1.29 is 24.2 Å². The maximum atomic E-state index is 14.3. The Bertz CT molecular complexity index is 1880. The van der Waals surface area contributed by atoms with Gasteiger partial charge >= 0.3 is 17.8 Å². The Balaban J connectivity index is 1.63. The number of pyridine rings is 2. The molecule has 6 rings (SSSR count). The molecule has 12 nitrogen and oxygen atoms in total. The molecular formula is C34H38N6O6. The Morgan fingerprint density at radius 1 is 1.11 bits per heavy atom. The topological polar surface area (TPSA) is 140 Å². The number of ether oxygens (including phenoxy) is 2. The van der Waals surface area contributed by atoms with Gasteiger partial charge in [-0.3, -0.25) is 14.7 Å². The van der Waals surface area contributed by atoms with Gasteiger partial charge in [0.25, 0.3) is 0 Å². The third-order valence-corrected chi connectivity index (χ3v) is 8.69. The van der Waals surface area contributed by atoms with Gasteiger partial charge in [0.1, 0.15) is 18.2 Å². The highest BCUT2D eigenvalue weighted by Gasteiger charge is 2.35. The summed E-state index contributed by atoms with van der Waals surface area (Å²) >= 11 is 0. The van der Waals surface area contributed by atoms with Crippen LogP contribution in [0.1, 0.15) is 62.3 Å². The summed E-state index contributed by atoms with van der Waals surface area (Å²) in [7, 11) is 1.63. The van der Waals surface area contributed by atoms with Crippen molar-refractivity contribution in [1.29, 1.82) is 0 Å². The van der Waals surface area contributed by atoms with Gasteiger partial charge in [0.15, 0.2) is 5.65 Å². The molecule has 4 aromatic rings. The number of carbonyl (C=O) groups is 2. The number of para-hydroxylation sites is 1. The van der Waals surface area contributed by atoms with E-state index >= 15 is 0 Å². The van der Waals surface area contributed by atoms with Crippen LogP contribution in [0.3, 0.4) is 0 Å². The predicted molar refractivity (Wildman–Crippen MR) is 173 cm³/mol. The number of rotatable bonds is 8. The number of nitrogens with zero attached hydrogens (tertiary/aromatic N) is 6. The fourth-order valence-electron chi connectivity index (χ4n) is 6.29. The molecule has 46 heavy (non-hydrogen) atoms. The number of carbonyl (C=O) groups excluding carboxylic acids is 1. The lowest BCUT2D eigenvalue weighted by Crippen LogP contribution is -2.57. The highest BCUT2D eigenvalue weighted by molar-refractivity contribution is 5.92. The van der Waals surface area contributed by atoms with Crippen LogP contribution in [0.5, 0.6) is 5.75 Å². The molecule has 0 unspecified atom stereocenters. The van der Waals surface area contributed by atoms with Crippen LogP contribution in [-0.2, 0) is 9.53 Å². The molecule has 2 fully saturated rings. The summed E-state index contributed by atoms with van der Waals surface area (Å²) in [4.78, 5) is 55.7. The minimum absolute atomic E-state index is 0.0158. The number of amides is 1. The number of methoxy groups -OCH3 is 1. The maximum Gasteiger partial charge on any atom is 0.407 e. The monoisotopic (exact) mass is 626 g/mol. The van der Waals surface area contributed by atoms with Gasteiger partial charge < -0.3 is 19.5 Å². The summed E-state index contributed by atoms with van der Waals surface area (Å²) in [5, 5.41) is 10.5. The lowest BCUT2D eigenvalue weighted by molar-refractivity contribution is -0.142. The number of carboxylic acid groups (broad SMARTS) is 1. The lowest BCUT2D eigenvalue weighted by atomic mass is 9.99. The Labute approximate surface area is 266 Å². The Morgan fingerprint density at radius 2 is 1.87 bits per heavy atom. The molecular weight excluding hydrogens is 588 g/mol. The van der Waals surface area contributed by atoms with Crippen molar-refractivity contribution in [2.45, 2.75) is 58.4 Å². The summed E-state index contributed by atoms with van der Waals surface area (Å²) in [5.74, 6) is 0.906. The maximum absolute atomic E-state index is 14.3. The average Bonchev–Trinajstić information content (AvgIpc) is 3.88. The van der Waals surface area contributed by atoms with Crippen molar-refractivity contribution in [1.82, 2.24) is 24.4 Å². The molecule has 3 aromatic heterocycles. The van der Waals surface area contributed by atoms with Gasteiger partial charge in [0.2, 0.25) is 0 Å². The normalized spacial score (nSPS) is 16.6. The van der Waals surface area contributed by atoms with Crippen molar-refractivity contribution in [3.63, 3.8) is 0 Å². The number of aryl methyl sites for hydroxylation is 1. The van der Waals surface area contributed by atoms with Crippen LogP contribution in [0.25, 0.3) is 28.0 Å². The van der Waals surface area contributed by atoms with Gasteiger partial charge in [0.05, 0.1) is 35.6 Å². The van der Waals surface area contributed by atoms with E-state index in [1.54, 1.807) is 17.9 Å². The first-order chi connectivity index (χ1) is 22.1. The Kier molecular flexibility index (Phi) is 8.37. The van der Waals surface area contributed by atoms with Crippen LogP contribution in [0.2, 0.25) is 0 Å². The third-order valence-electron chi connectivity index (χ3n) is 8.69. The van der Waals surface area contributed by atoms with Gasteiger partial charge in [-0.15, -0.1) is 0 Å². The number of piperazine rings is 1. The molecule has 1 aliphatic heterocycles. The van der Waals surface area contributed by atoms with Crippen molar-refractivity contribution in [2.24, 2.45) is 0 Å². The quantitative estimate of drug-likeness (QED) is 0.269. The first-order valence-corrected chi connectivity index (χ1v) is 15.5. The number of anilines is 1. The van der Waals surface area contributed by atoms with Crippen molar-refractivity contribution in [2.75, 3.05) is 38.3 Å². The number of hydrogen-bond acceptors (Lipinski definition) is 9. The van der Waals surface area contributed by atoms with E-state index in [1.807, 2.05) is 56.0 Å². The molecule has 12 heteroatoms. The molecule has 1 aliphatic carbocycles. The summed E-state index contributed by atoms with van der Waals surface area (Å²) in [6, 6.07) is 11.0. The molecule has 0 spiro atoms. The first-order valence-electron chi connectivity index (χ1n) is 15.5. The molecule has 1 N–H and O–H groups in total. The second-order valence-corrected chi connectivity index (χ2v) is 12.2. The zero-order valence-corrected chi connectivity index (χ0v) is 26.7. The molecule has 2 aliphatic rings. The Morgan fingerprint density at radius 3 is 2.54 bits per heavy atom. The Hall–Kier alpha value is -5.00. The molecule has 1 saturated heterocycles. The predicted octanol–water partition coefficient (Wildman–Crippen LogP) is 4.89. The highest BCUT2D eigenvalue weighted by Crippen LogP contribution is 2.47. The van der Waals surface area contributed by atoms with Gasteiger partial charge in [-0.05, 0) is 67.0 Å². The van der Waals surface area contributed by atoms with Crippen molar-refractivity contribution in [3.05, 3.63) is 69.9 Å². The van der Waals surface area contributed by atoms with E-state index in [-0.39, 0.29) is 31.5 Å². The van der Waals surface area contributed by atoms with Gasteiger partial charge in [-0.1, -0.05) is 26.0 Å². The second kappa shape index (κ2) is 12.4. The van der Waals surface area contributed by atoms with E-state index in [4.69, 9.17) is 14.5 Å². The summed E-state index contributed by atoms with van der Waals surface area (Å²) in [5.41, 5.74) is 4.78. The van der Waals surface area contributed by atoms with Gasteiger partial charge in [-0.25, -0.2) is 19.1 Å². The van der Waals surface area contributed by atoms with E-state index in [9.17, 15) is 19.5 Å². The fourth-order valence-corrected chi connectivity index (χ4v) is 6.29.